The molecule has 4 rings (SSSR count). The number of nitrogens with one attached hydrogen (secondary N) is 2. The van der Waals surface area contributed by atoms with Gasteiger partial charge in [-0.25, -0.2) is 4.98 Å². The van der Waals surface area contributed by atoms with E-state index < -0.39 is 0 Å². The van der Waals surface area contributed by atoms with Gasteiger partial charge in [0.05, 0.1) is 5.39 Å². The van der Waals surface area contributed by atoms with Gasteiger partial charge in [0.15, 0.2) is 5.65 Å². The molecule has 5 nitrogen and oxygen atoms in total. The fourth-order valence-corrected chi connectivity index (χ4v) is 3.12. The average molecular weight is 407 g/mol. The van der Waals surface area contributed by atoms with Gasteiger partial charge in [0.2, 0.25) is 5.95 Å². The van der Waals surface area contributed by atoms with Crippen molar-refractivity contribution in [2.75, 3.05) is 5.32 Å². The largest absolute Gasteiger partial charge is 0.326 e. The number of aromatic nitrogens is 3. The van der Waals surface area contributed by atoms with E-state index in [1.165, 1.54) is 0 Å². The number of nitrogens with zero attached hydrogens (tertiary/aromatic N) is 2. The van der Waals surface area contributed by atoms with Crippen LogP contribution in [0, 0.1) is 6.92 Å². The average Bonchev–Trinajstić information content (AvgIpc) is 2.62. The quantitative estimate of drug-likeness (QED) is 0.512. The summed E-state index contributed by atoms with van der Waals surface area (Å²) < 4.78 is 0.983. The summed E-state index contributed by atoms with van der Waals surface area (Å²) in [5.41, 5.74) is 3.90. The third-order valence-corrected chi connectivity index (χ3v) is 4.57. The number of aromatic amines is 1. The molecule has 128 valence electrons. The van der Waals surface area contributed by atoms with Gasteiger partial charge in [-0.2, -0.15) is 4.98 Å². The van der Waals surface area contributed by atoms with Crippen LogP contribution >= 0.6 is 15.9 Å². The number of aryl methyl sites for hydroxylation is 1. The molecule has 0 aliphatic carbocycles. The Hall–Kier alpha value is -2.99. The topological polar surface area (TPSA) is 70.7 Å². The summed E-state index contributed by atoms with van der Waals surface area (Å²) in [7, 11) is 0. The summed E-state index contributed by atoms with van der Waals surface area (Å²) >= 11 is 3.43. The second kappa shape index (κ2) is 6.72. The molecule has 2 N–H and O–H groups in total. The molecule has 0 amide bonds. The van der Waals surface area contributed by atoms with Gasteiger partial charge in [0.1, 0.15) is 0 Å². The van der Waals surface area contributed by atoms with Crippen molar-refractivity contribution in [1.82, 2.24) is 15.0 Å². The summed E-state index contributed by atoms with van der Waals surface area (Å²) in [6, 6.07) is 17.5. The van der Waals surface area contributed by atoms with E-state index in [0.29, 0.717) is 17.0 Å². The molecule has 0 fully saturated rings. The maximum absolute atomic E-state index is 12.7. The molecule has 0 saturated carbocycles. The van der Waals surface area contributed by atoms with Gasteiger partial charge in [-0.05, 0) is 53.9 Å². The second-order valence-corrected chi connectivity index (χ2v) is 6.89. The molecule has 0 aliphatic rings. The molecule has 2 aromatic carbocycles. The summed E-state index contributed by atoms with van der Waals surface area (Å²) in [6.45, 7) is 2.01. The van der Waals surface area contributed by atoms with Crippen LogP contribution in [0.1, 0.15) is 5.56 Å². The lowest BCUT2D eigenvalue weighted by Crippen LogP contribution is -2.13. The van der Waals surface area contributed by atoms with Crippen LogP contribution in [0.2, 0.25) is 0 Å². The summed E-state index contributed by atoms with van der Waals surface area (Å²) in [5.74, 6) is 0.369. The van der Waals surface area contributed by atoms with Crippen LogP contribution in [0.25, 0.3) is 22.2 Å². The number of H-pyrrole nitrogens is 1. The van der Waals surface area contributed by atoms with E-state index in [-0.39, 0.29) is 5.56 Å². The molecular formula is C20H15BrN4O. The van der Waals surface area contributed by atoms with Gasteiger partial charge in [0.25, 0.3) is 5.56 Å². The minimum Gasteiger partial charge on any atom is -0.326 e. The predicted molar refractivity (Wildman–Crippen MR) is 108 cm³/mol. The minimum atomic E-state index is -0.226. The van der Waals surface area contributed by atoms with Gasteiger partial charge >= 0.3 is 0 Å². The zero-order valence-electron chi connectivity index (χ0n) is 14.0. The molecule has 6 heteroatoms. The molecule has 2 heterocycles. The normalized spacial score (nSPS) is 10.8. The zero-order chi connectivity index (χ0) is 18.1. The van der Waals surface area contributed by atoms with Crippen LogP contribution in [0.5, 0.6) is 0 Å². The molecule has 0 aliphatic heterocycles. The van der Waals surface area contributed by atoms with Gasteiger partial charge in [-0.1, -0.05) is 40.2 Å². The van der Waals surface area contributed by atoms with E-state index in [4.69, 9.17) is 0 Å². The van der Waals surface area contributed by atoms with Crippen molar-refractivity contribution < 1.29 is 0 Å². The van der Waals surface area contributed by atoms with Crippen LogP contribution in [-0.4, -0.2) is 15.0 Å². The van der Waals surface area contributed by atoms with Gasteiger partial charge in [-0.15, -0.1) is 0 Å². The summed E-state index contributed by atoms with van der Waals surface area (Å²) in [5, 5.41) is 3.61. The number of rotatable bonds is 3. The highest BCUT2D eigenvalue weighted by molar-refractivity contribution is 9.10. The van der Waals surface area contributed by atoms with Crippen LogP contribution in [-0.2, 0) is 0 Å². The summed E-state index contributed by atoms with van der Waals surface area (Å²) in [6.07, 6.45) is 1.67. The lowest BCUT2D eigenvalue weighted by molar-refractivity contribution is 1.14. The second-order valence-electron chi connectivity index (χ2n) is 5.97. The van der Waals surface area contributed by atoms with Crippen molar-refractivity contribution in [1.29, 1.82) is 0 Å². The molecule has 0 radical (unpaired) electrons. The number of hydrogen-bond acceptors (Lipinski definition) is 4. The van der Waals surface area contributed by atoms with Crippen LogP contribution in [0.15, 0.2) is 70.1 Å². The van der Waals surface area contributed by atoms with Crippen molar-refractivity contribution in [3.63, 3.8) is 0 Å². The lowest BCUT2D eigenvalue weighted by atomic mass is 10.0. The van der Waals surface area contributed by atoms with Crippen molar-refractivity contribution in [2.24, 2.45) is 0 Å². The van der Waals surface area contributed by atoms with E-state index >= 15 is 0 Å². The highest BCUT2D eigenvalue weighted by Gasteiger charge is 2.11. The molecule has 4 aromatic rings. The first-order chi connectivity index (χ1) is 12.6. The van der Waals surface area contributed by atoms with Crippen molar-refractivity contribution in [2.45, 2.75) is 6.92 Å². The van der Waals surface area contributed by atoms with Crippen molar-refractivity contribution in [3.05, 3.63) is 81.2 Å². The third kappa shape index (κ3) is 3.23. The van der Waals surface area contributed by atoms with Gasteiger partial charge in [-0.3, -0.25) is 9.78 Å². The highest BCUT2D eigenvalue weighted by atomic mass is 79.9. The first-order valence-electron chi connectivity index (χ1n) is 8.09. The Balaban J connectivity index is 1.81. The molecule has 0 unspecified atom stereocenters. The fraction of sp³-hybridized carbons (Fsp3) is 0.0500. The van der Waals surface area contributed by atoms with Crippen LogP contribution in [0.4, 0.5) is 11.6 Å². The number of pyridine rings is 1. The number of hydrogen-bond donors (Lipinski definition) is 2. The number of anilines is 2. The van der Waals surface area contributed by atoms with Crippen LogP contribution in [0.3, 0.4) is 0 Å². The third-order valence-electron chi connectivity index (χ3n) is 4.04. The minimum absolute atomic E-state index is 0.226. The Morgan fingerprint density at radius 2 is 1.88 bits per heavy atom. The highest BCUT2D eigenvalue weighted by Crippen LogP contribution is 2.26. The maximum Gasteiger partial charge on any atom is 0.262 e. The number of halogens is 1. The maximum atomic E-state index is 12.7. The molecule has 0 saturated heterocycles. The van der Waals surface area contributed by atoms with E-state index in [0.717, 1.165) is 26.9 Å². The Labute approximate surface area is 158 Å². The fourth-order valence-electron chi connectivity index (χ4n) is 2.85. The smallest absolute Gasteiger partial charge is 0.262 e. The van der Waals surface area contributed by atoms with E-state index in [2.05, 4.69) is 36.2 Å². The molecule has 0 atom stereocenters. The zero-order valence-corrected chi connectivity index (χ0v) is 15.5. The molecule has 0 bridgehead atoms. The monoisotopic (exact) mass is 406 g/mol. The van der Waals surface area contributed by atoms with Crippen LogP contribution < -0.4 is 10.9 Å². The van der Waals surface area contributed by atoms with Crippen molar-refractivity contribution in [3.8, 4) is 11.1 Å². The van der Waals surface area contributed by atoms with E-state index in [1.807, 2.05) is 61.5 Å². The Bertz CT molecular complexity index is 1150. The number of benzene rings is 2. The predicted octanol–water partition coefficient (Wildman–Crippen LogP) is 4.80. The molecule has 26 heavy (non-hydrogen) atoms. The molecular weight excluding hydrogens is 392 g/mol. The first kappa shape index (κ1) is 16.5. The lowest BCUT2D eigenvalue weighted by Gasteiger charge is -2.09. The Morgan fingerprint density at radius 3 is 2.65 bits per heavy atom. The van der Waals surface area contributed by atoms with Crippen molar-refractivity contribution >= 4 is 38.6 Å². The Kier molecular flexibility index (Phi) is 4.26. The van der Waals surface area contributed by atoms with Gasteiger partial charge < -0.3 is 5.32 Å². The number of fused-ring (bicyclic) bond motifs is 1. The first-order valence-corrected chi connectivity index (χ1v) is 8.88. The standard InChI is InChI=1S/C20H15BrN4O/c1-12-3-2-4-15(11-12)23-20-24-18-17(19(26)25-20)16(9-10-22-18)13-5-7-14(21)8-6-13/h2-11H,1H3,(H2,22,23,24,25,26). The SMILES string of the molecule is Cc1cccc(Nc2nc3nccc(-c4ccc(Br)cc4)c3c(=O)[nH]2)c1. The Morgan fingerprint density at radius 1 is 1.08 bits per heavy atom. The van der Waals surface area contributed by atoms with Gasteiger partial charge in [0, 0.05) is 16.4 Å². The van der Waals surface area contributed by atoms with E-state index in [1.54, 1.807) is 6.20 Å². The molecule has 2 aromatic heterocycles. The molecule has 0 spiro atoms. The van der Waals surface area contributed by atoms with E-state index in [9.17, 15) is 4.79 Å². The summed E-state index contributed by atoms with van der Waals surface area (Å²) in [4.78, 5) is 24.3.